The van der Waals surface area contributed by atoms with Gasteiger partial charge < -0.3 is 5.32 Å². The van der Waals surface area contributed by atoms with Crippen molar-refractivity contribution in [1.29, 1.82) is 0 Å². The van der Waals surface area contributed by atoms with Crippen LogP contribution in [0.15, 0.2) is 35.5 Å². The fraction of sp³-hybridized carbons (Fsp3) is 0.333. The zero-order valence-corrected chi connectivity index (χ0v) is 15.2. The lowest BCUT2D eigenvalue weighted by Gasteiger charge is -2.24. The number of hydrogen-bond donors (Lipinski definition) is 1. The smallest absolute Gasteiger partial charge is 0.273 e. The van der Waals surface area contributed by atoms with Crippen molar-refractivity contribution in [2.45, 2.75) is 18.9 Å². The molecule has 26 heavy (non-hydrogen) atoms. The minimum absolute atomic E-state index is 0.0214. The molecule has 3 aromatic heterocycles. The van der Waals surface area contributed by atoms with Crippen molar-refractivity contribution in [2.24, 2.45) is 7.05 Å². The van der Waals surface area contributed by atoms with Crippen LogP contribution in [0.5, 0.6) is 0 Å². The molecule has 0 atom stereocenters. The maximum atomic E-state index is 12.9. The molecule has 4 heterocycles. The summed E-state index contributed by atoms with van der Waals surface area (Å²) < 4.78 is 4.22. The molecule has 0 amide bonds. The van der Waals surface area contributed by atoms with E-state index in [1.807, 2.05) is 25.4 Å². The molecule has 0 saturated carbocycles. The lowest BCUT2D eigenvalue weighted by atomic mass is 10.1. The lowest BCUT2D eigenvalue weighted by molar-refractivity contribution is 0.359. The van der Waals surface area contributed by atoms with Gasteiger partial charge in [0.15, 0.2) is 5.65 Å². The van der Waals surface area contributed by atoms with Gasteiger partial charge in [-0.25, -0.2) is 9.97 Å². The molecule has 1 aromatic carbocycles. The van der Waals surface area contributed by atoms with Crippen LogP contribution >= 0.6 is 11.3 Å². The van der Waals surface area contributed by atoms with Crippen LogP contribution in [0.3, 0.4) is 0 Å². The summed E-state index contributed by atoms with van der Waals surface area (Å²) in [5, 5.41) is 9.61. The Hall–Kier alpha value is -2.58. The van der Waals surface area contributed by atoms with Gasteiger partial charge in [0.1, 0.15) is 16.0 Å². The molecule has 1 aliphatic rings. The summed E-state index contributed by atoms with van der Waals surface area (Å²) >= 11 is 1.42. The van der Waals surface area contributed by atoms with Gasteiger partial charge in [-0.15, -0.1) is 11.3 Å². The van der Waals surface area contributed by atoms with Gasteiger partial charge in [-0.05, 0) is 44.1 Å². The molecule has 0 bridgehead atoms. The Balaban J connectivity index is 1.60. The topological polar surface area (TPSA) is 77.6 Å². The summed E-state index contributed by atoms with van der Waals surface area (Å²) in [5.74, 6) is 0. The molecule has 1 saturated heterocycles. The van der Waals surface area contributed by atoms with Crippen molar-refractivity contribution in [3.05, 3.63) is 41.1 Å². The average molecular weight is 366 g/mol. The Morgan fingerprint density at radius 3 is 2.96 bits per heavy atom. The van der Waals surface area contributed by atoms with E-state index >= 15 is 0 Å². The molecular weight excluding hydrogens is 348 g/mol. The molecule has 5 rings (SSSR count). The highest BCUT2D eigenvalue weighted by atomic mass is 32.1. The van der Waals surface area contributed by atoms with Gasteiger partial charge in [0.25, 0.3) is 5.56 Å². The van der Waals surface area contributed by atoms with E-state index in [9.17, 15) is 4.79 Å². The first kappa shape index (κ1) is 15.7. The van der Waals surface area contributed by atoms with Crippen molar-refractivity contribution < 1.29 is 0 Å². The number of fused-ring (bicyclic) bond motifs is 2. The number of aromatic nitrogens is 5. The highest BCUT2D eigenvalue weighted by Gasteiger charge is 2.19. The van der Waals surface area contributed by atoms with E-state index in [2.05, 4.69) is 26.4 Å². The molecule has 0 spiro atoms. The second kappa shape index (κ2) is 6.00. The summed E-state index contributed by atoms with van der Waals surface area (Å²) in [4.78, 5) is 22.0. The fourth-order valence-corrected chi connectivity index (χ4v) is 4.53. The van der Waals surface area contributed by atoms with Gasteiger partial charge in [-0.1, -0.05) is 0 Å². The van der Waals surface area contributed by atoms with Gasteiger partial charge in [-0.3, -0.25) is 14.0 Å². The molecule has 4 aromatic rings. The molecular formula is C18H18N6OS. The number of nitrogens with zero attached hydrogens (tertiary/aromatic N) is 5. The van der Waals surface area contributed by atoms with E-state index in [4.69, 9.17) is 0 Å². The molecule has 1 N–H and O–H groups in total. The van der Waals surface area contributed by atoms with Gasteiger partial charge in [-0.2, -0.15) is 5.10 Å². The van der Waals surface area contributed by atoms with E-state index in [-0.39, 0.29) is 11.6 Å². The third-order valence-electron chi connectivity index (χ3n) is 4.91. The maximum Gasteiger partial charge on any atom is 0.273 e. The van der Waals surface area contributed by atoms with Crippen LogP contribution in [0.25, 0.3) is 31.8 Å². The van der Waals surface area contributed by atoms with Crippen molar-refractivity contribution in [3.63, 3.8) is 0 Å². The number of rotatable bonds is 2. The predicted octanol–water partition coefficient (Wildman–Crippen LogP) is 2.33. The third kappa shape index (κ3) is 2.53. The molecule has 132 valence electrons. The molecule has 8 heteroatoms. The third-order valence-corrected chi connectivity index (χ3v) is 5.99. The molecule has 0 aliphatic carbocycles. The van der Waals surface area contributed by atoms with Crippen molar-refractivity contribution >= 4 is 32.6 Å². The molecule has 0 unspecified atom stereocenters. The van der Waals surface area contributed by atoms with E-state index in [1.54, 1.807) is 15.6 Å². The van der Waals surface area contributed by atoms with Crippen molar-refractivity contribution in [1.82, 2.24) is 29.6 Å². The quantitative estimate of drug-likeness (QED) is 0.589. The predicted molar refractivity (Wildman–Crippen MR) is 103 cm³/mol. The average Bonchev–Trinajstić information content (AvgIpc) is 3.25. The SMILES string of the molecule is Cn1cc2cc(-c3nc4ncn(C5CCNCC5)c(=O)c4s3)ccc2n1. The highest BCUT2D eigenvalue weighted by Crippen LogP contribution is 2.30. The van der Waals surface area contributed by atoms with E-state index in [0.29, 0.717) is 10.3 Å². The van der Waals surface area contributed by atoms with Crippen LogP contribution in [0, 0.1) is 0 Å². The van der Waals surface area contributed by atoms with Gasteiger partial charge >= 0.3 is 0 Å². The fourth-order valence-electron chi connectivity index (χ4n) is 3.58. The maximum absolute atomic E-state index is 12.9. The first-order valence-electron chi connectivity index (χ1n) is 8.71. The van der Waals surface area contributed by atoms with Crippen LogP contribution in [-0.2, 0) is 7.05 Å². The highest BCUT2D eigenvalue weighted by molar-refractivity contribution is 7.21. The molecule has 7 nitrogen and oxygen atoms in total. The summed E-state index contributed by atoms with van der Waals surface area (Å²) in [7, 11) is 1.91. The van der Waals surface area contributed by atoms with E-state index in [1.165, 1.54) is 11.3 Å². The molecule has 1 fully saturated rings. The van der Waals surface area contributed by atoms with E-state index < -0.39 is 0 Å². The van der Waals surface area contributed by atoms with Gasteiger partial charge in [0, 0.05) is 30.2 Å². The number of hydrogen-bond acceptors (Lipinski definition) is 6. The second-order valence-corrected chi connectivity index (χ2v) is 7.69. The lowest BCUT2D eigenvalue weighted by Crippen LogP contribution is -2.34. The summed E-state index contributed by atoms with van der Waals surface area (Å²) in [6.45, 7) is 1.88. The molecule has 0 radical (unpaired) electrons. The number of benzene rings is 1. The normalized spacial score (nSPS) is 15.9. The van der Waals surface area contributed by atoms with Crippen molar-refractivity contribution in [2.75, 3.05) is 13.1 Å². The largest absolute Gasteiger partial charge is 0.317 e. The Morgan fingerprint density at radius 1 is 1.27 bits per heavy atom. The molecule has 1 aliphatic heterocycles. The summed E-state index contributed by atoms with van der Waals surface area (Å²) in [5.41, 5.74) is 2.49. The number of thiazole rings is 1. The van der Waals surface area contributed by atoms with Crippen molar-refractivity contribution in [3.8, 4) is 10.6 Å². The summed E-state index contributed by atoms with van der Waals surface area (Å²) in [6.07, 6.45) is 5.55. The van der Waals surface area contributed by atoms with Crippen LogP contribution in [0.4, 0.5) is 0 Å². The Kier molecular flexibility index (Phi) is 3.61. The number of piperidine rings is 1. The Morgan fingerprint density at radius 2 is 2.12 bits per heavy atom. The minimum Gasteiger partial charge on any atom is -0.317 e. The van der Waals surface area contributed by atoms with Crippen LogP contribution in [0.2, 0.25) is 0 Å². The monoisotopic (exact) mass is 366 g/mol. The van der Waals surface area contributed by atoms with E-state index in [0.717, 1.165) is 47.4 Å². The standard InChI is InChI=1S/C18H18N6OS/c1-23-9-12-8-11(2-3-14(12)22-23)17-21-16-15(26-17)18(25)24(10-20-16)13-4-6-19-7-5-13/h2-3,8-10,13,19H,4-7H2,1H3. The van der Waals surface area contributed by atoms with Gasteiger partial charge in [0.05, 0.1) is 5.52 Å². The van der Waals surface area contributed by atoms with Crippen LogP contribution in [0.1, 0.15) is 18.9 Å². The van der Waals surface area contributed by atoms with Gasteiger partial charge in [0.2, 0.25) is 0 Å². The minimum atomic E-state index is 0.0214. The first-order valence-corrected chi connectivity index (χ1v) is 9.53. The Labute approximate surface area is 153 Å². The first-order chi connectivity index (χ1) is 12.7. The number of aryl methyl sites for hydroxylation is 1. The number of nitrogens with one attached hydrogen (secondary N) is 1. The zero-order valence-electron chi connectivity index (χ0n) is 14.3. The van der Waals surface area contributed by atoms with Crippen LogP contribution in [-0.4, -0.2) is 37.4 Å². The Bertz CT molecular complexity index is 1170. The zero-order chi connectivity index (χ0) is 17.7. The second-order valence-electron chi connectivity index (χ2n) is 6.69. The van der Waals surface area contributed by atoms with Crippen LogP contribution < -0.4 is 10.9 Å². The summed E-state index contributed by atoms with van der Waals surface area (Å²) in [6, 6.07) is 6.26.